The van der Waals surface area contributed by atoms with Crippen LogP contribution in [0, 0.1) is 3.57 Å². The summed E-state index contributed by atoms with van der Waals surface area (Å²) in [5.41, 5.74) is 0.371. The Morgan fingerprint density at radius 2 is 2.17 bits per heavy atom. The van der Waals surface area contributed by atoms with Crippen LogP contribution in [0.2, 0.25) is 0 Å². The number of nitrogens with zero attached hydrogens (tertiary/aromatic N) is 1. The van der Waals surface area contributed by atoms with Crippen LogP contribution in [-0.2, 0) is 10.3 Å². The van der Waals surface area contributed by atoms with Crippen molar-refractivity contribution in [3.05, 3.63) is 25.4 Å². The monoisotopic (exact) mass is 362 g/mol. The van der Waals surface area contributed by atoms with E-state index in [9.17, 15) is 4.79 Å². The standard InChI is InChI=1S/C13H19IN2O2/c1-8(2)10-9(14)11(17)16-12(15-10)13(3)6-4-5-7-18-13/h8H,4-7H2,1-3H3,(H,15,16,17). The van der Waals surface area contributed by atoms with Gasteiger partial charge < -0.3 is 9.72 Å². The summed E-state index contributed by atoms with van der Waals surface area (Å²) in [6, 6.07) is 0. The van der Waals surface area contributed by atoms with Crippen LogP contribution in [0.15, 0.2) is 4.79 Å². The summed E-state index contributed by atoms with van der Waals surface area (Å²) in [5, 5.41) is 0. The van der Waals surface area contributed by atoms with Gasteiger partial charge in [-0.25, -0.2) is 4.98 Å². The highest BCUT2D eigenvalue weighted by molar-refractivity contribution is 14.1. The van der Waals surface area contributed by atoms with Gasteiger partial charge in [-0.3, -0.25) is 4.79 Å². The summed E-state index contributed by atoms with van der Waals surface area (Å²) in [4.78, 5) is 19.5. The maximum atomic E-state index is 12.0. The minimum Gasteiger partial charge on any atom is -0.367 e. The maximum absolute atomic E-state index is 12.0. The highest BCUT2D eigenvalue weighted by atomic mass is 127. The molecule has 1 atom stereocenters. The first-order chi connectivity index (χ1) is 8.44. The molecule has 1 fully saturated rings. The van der Waals surface area contributed by atoms with Crippen molar-refractivity contribution < 1.29 is 4.74 Å². The van der Waals surface area contributed by atoms with Crippen LogP contribution in [0.3, 0.4) is 0 Å². The second-order valence-electron chi connectivity index (χ2n) is 5.30. The van der Waals surface area contributed by atoms with Gasteiger partial charge in [0.1, 0.15) is 11.4 Å². The molecule has 1 unspecified atom stereocenters. The predicted molar refractivity (Wildman–Crippen MR) is 78.8 cm³/mol. The zero-order valence-electron chi connectivity index (χ0n) is 11.0. The van der Waals surface area contributed by atoms with Crippen molar-refractivity contribution >= 4 is 22.6 Å². The third-order valence-corrected chi connectivity index (χ3v) is 4.45. The van der Waals surface area contributed by atoms with E-state index in [1.165, 1.54) is 0 Å². The lowest BCUT2D eigenvalue weighted by Crippen LogP contribution is -2.35. The molecule has 1 N–H and O–H groups in total. The van der Waals surface area contributed by atoms with E-state index in [0.717, 1.165) is 31.6 Å². The first kappa shape index (κ1) is 14.0. The summed E-state index contributed by atoms with van der Waals surface area (Å²) in [7, 11) is 0. The van der Waals surface area contributed by atoms with Gasteiger partial charge in [-0.05, 0) is 54.7 Å². The van der Waals surface area contributed by atoms with E-state index in [0.29, 0.717) is 9.39 Å². The molecule has 5 heteroatoms. The molecule has 1 aromatic heterocycles. The van der Waals surface area contributed by atoms with Crippen LogP contribution in [-0.4, -0.2) is 16.6 Å². The molecular formula is C13H19IN2O2. The molecule has 18 heavy (non-hydrogen) atoms. The number of hydrogen-bond donors (Lipinski definition) is 1. The normalized spacial score (nSPS) is 24.5. The molecule has 2 heterocycles. The van der Waals surface area contributed by atoms with Gasteiger partial charge in [0.15, 0.2) is 0 Å². The van der Waals surface area contributed by atoms with Gasteiger partial charge in [0, 0.05) is 6.61 Å². The quantitative estimate of drug-likeness (QED) is 0.824. The third-order valence-electron chi connectivity index (χ3n) is 3.41. The molecule has 0 spiro atoms. The average molecular weight is 362 g/mol. The molecule has 0 amide bonds. The Kier molecular flexibility index (Phi) is 4.11. The molecule has 0 bridgehead atoms. The van der Waals surface area contributed by atoms with E-state index in [4.69, 9.17) is 4.74 Å². The zero-order valence-corrected chi connectivity index (χ0v) is 13.2. The minimum atomic E-state index is -0.439. The van der Waals surface area contributed by atoms with Crippen LogP contribution < -0.4 is 5.56 Å². The topological polar surface area (TPSA) is 55.0 Å². The minimum absolute atomic E-state index is 0.0558. The van der Waals surface area contributed by atoms with E-state index in [2.05, 4.69) is 46.4 Å². The molecule has 0 radical (unpaired) electrons. The molecule has 2 rings (SSSR count). The Balaban J connectivity index is 2.48. The average Bonchev–Trinajstić information content (AvgIpc) is 2.33. The number of nitrogens with one attached hydrogen (secondary N) is 1. The number of halogens is 1. The van der Waals surface area contributed by atoms with Crippen molar-refractivity contribution in [2.45, 2.75) is 51.6 Å². The number of ether oxygens (including phenoxy) is 1. The van der Waals surface area contributed by atoms with Gasteiger partial charge in [-0.15, -0.1) is 0 Å². The third kappa shape index (κ3) is 2.61. The van der Waals surface area contributed by atoms with Crippen LogP contribution in [0.4, 0.5) is 0 Å². The second kappa shape index (κ2) is 5.28. The molecule has 0 saturated carbocycles. The number of H-pyrrole nitrogens is 1. The van der Waals surface area contributed by atoms with Crippen LogP contribution in [0.1, 0.15) is 57.5 Å². The van der Waals surface area contributed by atoms with Crippen molar-refractivity contribution in [1.82, 2.24) is 9.97 Å². The zero-order chi connectivity index (χ0) is 13.3. The van der Waals surface area contributed by atoms with Crippen LogP contribution in [0.25, 0.3) is 0 Å². The largest absolute Gasteiger partial charge is 0.367 e. The summed E-state index contributed by atoms with van der Waals surface area (Å²) in [6.45, 7) is 6.86. The first-order valence-corrected chi connectivity index (χ1v) is 7.46. The fourth-order valence-corrected chi connectivity index (χ4v) is 3.11. The Bertz CT molecular complexity index is 490. The van der Waals surface area contributed by atoms with Gasteiger partial charge in [0.2, 0.25) is 0 Å². The lowest BCUT2D eigenvalue weighted by Gasteiger charge is -2.33. The van der Waals surface area contributed by atoms with Gasteiger partial charge in [-0.2, -0.15) is 0 Å². The summed E-state index contributed by atoms with van der Waals surface area (Å²) in [6.07, 6.45) is 3.11. The van der Waals surface area contributed by atoms with E-state index in [-0.39, 0.29) is 11.5 Å². The van der Waals surface area contributed by atoms with Gasteiger partial charge in [-0.1, -0.05) is 13.8 Å². The predicted octanol–water partition coefficient (Wildman–Crippen LogP) is 2.91. The maximum Gasteiger partial charge on any atom is 0.264 e. The van der Waals surface area contributed by atoms with Gasteiger partial charge in [0.05, 0.1) is 9.26 Å². The highest BCUT2D eigenvalue weighted by Gasteiger charge is 2.33. The molecule has 1 aromatic rings. The number of aromatic amines is 1. The Morgan fingerprint density at radius 1 is 1.44 bits per heavy atom. The lowest BCUT2D eigenvalue weighted by molar-refractivity contribution is -0.0763. The Labute approximate surface area is 121 Å². The molecule has 1 aliphatic heterocycles. The molecule has 4 nitrogen and oxygen atoms in total. The number of aromatic nitrogens is 2. The van der Waals surface area contributed by atoms with Crippen molar-refractivity contribution in [3.63, 3.8) is 0 Å². The van der Waals surface area contributed by atoms with E-state index < -0.39 is 5.60 Å². The molecular weight excluding hydrogens is 343 g/mol. The SMILES string of the molecule is CC(C)c1nc(C2(C)CCCCO2)[nH]c(=O)c1I. The number of hydrogen-bond acceptors (Lipinski definition) is 3. The van der Waals surface area contributed by atoms with E-state index in [1.54, 1.807) is 0 Å². The molecule has 0 aromatic carbocycles. The van der Waals surface area contributed by atoms with Crippen molar-refractivity contribution in [2.24, 2.45) is 0 Å². The van der Waals surface area contributed by atoms with Crippen molar-refractivity contribution in [1.29, 1.82) is 0 Å². The lowest BCUT2D eigenvalue weighted by atomic mass is 9.94. The molecule has 100 valence electrons. The van der Waals surface area contributed by atoms with Gasteiger partial charge in [0.25, 0.3) is 5.56 Å². The van der Waals surface area contributed by atoms with E-state index in [1.807, 2.05) is 6.92 Å². The van der Waals surface area contributed by atoms with Gasteiger partial charge >= 0.3 is 0 Å². The van der Waals surface area contributed by atoms with Crippen molar-refractivity contribution in [2.75, 3.05) is 6.61 Å². The summed E-state index contributed by atoms with van der Waals surface area (Å²) >= 11 is 2.07. The summed E-state index contributed by atoms with van der Waals surface area (Å²) < 4.78 is 6.53. The fraction of sp³-hybridized carbons (Fsp3) is 0.692. The van der Waals surface area contributed by atoms with Crippen LogP contribution in [0.5, 0.6) is 0 Å². The second-order valence-corrected chi connectivity index (χ2v) is 6.38. The summed E-state index contributed by atoms with van der Waals surface area (Å²) in [5.74, 6) is 0.918. The Hall–Kier alpha value is -0.430. The molecule has 1 aliphatic rings. The Morgan fingerprint density at radius 3 is 2.72 bits per heavy atom. The van der Waals surface area contributed by atoms with Crippen LogP contribution >= 0.6 is 22.6 Å². The molecule has 1 saturated heterocycles. The van der Waals surface area contributed by atoms with E-state index >= 15 is 0 Å². The number of rotatable bonds is 2. The molecule has 0 aliphatic carbocycles. The fourth-order valence-electron chi connectivity index (χ4n) is 2.23. The van der Waals surface area contributed by atoms with Crippen molar-refractivity contribution in [3.8, 4) is 0 Å². The first-order valence-electron chi connectivity index (χ1n) is 6.38. The highest BCUT2D eigenvalue weighted by Crippen LogP contribution is 2.32. The smallest absolute Gasteiger partial charge is 0.264 e.